The molecule has 0 aliphatic carbocycles. The van der Waals surface area contributed by atoms with Crippen molar-refractivity contribution < 1.29 is 14.7 Å². The number of halogens is 1. The number of H-pyrrole nitrogens is 1. The van der Waals surface area contributed by atoms with E-state index in [1.807, 2.05) is 12.1 Å². The molecule has 0 bridgehead atoms. The van der Waals surface area contributed by atoms with E-state index in [9.17, 15) is 9.59 Å². The predicted molar refractivity (Wildman–Crippen MR) is 91.8 cm³/mol. The van der Waals surface area contributed by atoms with Gasteiger partial charge in [0.15, 0.2) is 0 Å². The summed E-state index contributed by atoms with van der Waals surface area (Å²) < 4.78 is 0.997. The van der Waals surface area contributed by atoms with Crippen molar-refractivity contribution in [2.24, 2.45) is 0 Å². The second-order valence-electron chi connectivity index (χ2n) is 6.33. The zero-order chi connectivity index (χ0) is 16.7. The molecule has 1 saturated heterocycles. The molecule has 2 N–H and O–H groups in total. The number of piperidine rings is 1. The van der Waals surface area contributed by atoms with Crippen LogP contribution < -0.4 is 0 Å². The number of amides is 2. The van der Waals surface area contributed by atoms with Crippen LogP contribution in [0.25, 0.3) is 10.9 Å². The average Bonchev–Trinajstić information content (AvgIpc) is 2.81. The van der Waals surface area contributed by atoms with Gasteiger partial charge in [-0.05, 0) is 57.4 Å². The number of rotatable bonds is 2. The maximum atomic E-state index is 12.0. The number of hydrogen-bond acceptors (Lipinski definition) is 2. The van der Waals surface area contributed by atoms with E-state index in [1.54, 1.807) is 0 Å². The highest BCUT2D eigenvalue weighted by Gasteiger charge is 2.30. The van der Waals surface area contributed by atoms with Gasteiger partial charge in [-0.15, -0.1) is 0 Å². The first-order valence-corrected chi connectivity index (χ1v) is 8.52. The summed E-state index contributed by atoms with van der Waals surface area (Å²) in [5, 5.41) is 10.2. The molecule has 0 spiro atoms. The summed E-state index contributed by atoms with van der Waals surface area (Å²) >= 11 is 3.58. The van der Waals surface area contributed by atoms with Gasteiger partial charge in [0.1, 0.15) is 0 Å². The Morgan fingerprint density at radius 3 is 2.78 bits per heavy atom. The number of carbonyl (C=O) groups is 2. The lowest BCUT2D eigenvalue weighted by molar-refractivity contribution is -0.131. The molecule has 1 fully saturated rings. The maximum absolute atomic E-state index is 12.0. The molecule has 1 unspecified atom stereocenters. The average molecular weight is 379 g/mol. The summed E-state index contributed by atoms with van der Waals surface area (Å²) in [7, 11) is 0. The Labute approximate surface area is 142 Å². The van der Waals surface area contributed by atoms with E-state index in [1.165, 1.54) is 5.56 Å². The second-order valence-corrected chi connectivity index (χ2v) is 7.12. The molecule has 1 aliphatic rings. The number of imide groups is 1. The molecule has 122 valence electrons. The van der Waals surface area contributed by atoms with Crippen LogP contribution in [-0.2, 0) is 4.79 Å². The Morgan fingerprint density at radius 2 is 2.17 bits per heavy atom. The van der Waals surface area contributed by atoms with Crippen LogP contribution in [0.2, 0.25) is 0 Å². The minimum Gasteiger partial charge on any atom is -0.465 e. The first-order chi connectivity index (χ1) is 10.9. The van der Waals surface area contributed by atoms with E-state index in [-0.39, 0.29) is 24.8 Å². The van der Waals surface area contributed by atoms with Crippen LogP contribution in [0.5, 0.6) is 0 Å². The lowest BCUT2D eigenvalue weighted by Gasteiger charge is -2.28. The molecule has 2 aromatic rings. The van der Waals surface area contributed by atoms with Crippen molar-refractivity contribution in [3.63, 3.8) is 0 Å². The van der Waals surface area contributed by atoms with E-state index < -0.39 is 6.09 Å². The van der Waals surface area contributed by atoms with Crippen molar-refractivity contribution in [2.75, 3.05) is 6.54 Å². The van der Waals surface area contributed by atoms with Crippen LogP contribution in [0.1, 0.15) is 49.7 Å². The standard InChI is InChI=1S/C17H19BrN2O3/c1-9(2)15-12-7-10(3-4-13(12)19-16(15)18)11-5-6-20(17(22)23)14(21)8-11/h3-4,7,9,11,19H,5-6,8H2,1-2H3,(H,22,23). The molecule has 5 nitrogen and oxygen atoms in total. The van der Waals surface area contributed by atoms with Crippen molar-refractivity contribution in [3.05, 3.63) is 33.9 Å². The summed E-state index contributed by atoms with van der Waals surface area (Å²) in [6, 6.07) is 6.21. The molecule has 23 heavy (non-hydrogen) atoms. The van der Waals surface area contributed by atoms with Gasteiger partial charge in [0, 0.05) is 23.9 Å². The third kappa shape index (κ3) is 2.87. The van der Waals surface area contributed by atoms with Gasteiger partial charge in [0.2, 0.25) is 5.91 Å². The van der Waals surface area contributed by atoms with E-state index in [0.29, 0.717) is 12.3 Å². The fourth-order valence-corrected chi connectivity index (χ4v) is 4.22. The van der Waals surface area contributed by atoms with Gasteiger partial charge >= 0.3 is 6.09 Å². The minimum absolute atomic E-state index is 0.0798. The number of likely N-dealkylation sites (tertiary alicyclic amines) is 1. The molecule has 0 radical (unpaired) electrons. The molecule has 2 amide bonds. The third-order valence-corrected chi connectivity index (χ3v) is 5.14. The van der Waals surface area contributed by atoms with Crippen molar-refractivity contribution in [1.82, 2.24) is 9.88 Å². The predicted octanol–water partition coefficient (Wildman–Crippen LogP) is 4.44. The largest absolute Gasteiger partial charge is 0.465 e. The topological polar surface area (TPSA) is 73.4 Å². The second kappa shape index (κ2) is 6.00. The van der Waals surface area contributed by atoms with Crippen molar-refractivity contribution in [2.45, 2.75) is 38.5 Å². The van der Waals surface area contributed by atoms with E-state index in [4.69, 9.17) is 5.11 Å². The van der Waals surface area contributed by atoms with Crippen LogP contribution in [-0.4, -0.2) is 33.5 Å². The zero-order valence-electron chi connectivity index (χ0n) is 13.1. The van der Waals surface area contributed by atoms with Gasteiger partial charge in [0.05, 0.1) is 4.60 Å². The molecule has 6 heteroatoms. The molecule has 3 rings (SSSR count). The number of fused-ring (bicyclic) bond motifs is 1. The molecular formula is C17H19BrN2O3. The SMILES string of the molecule is CC(C)c1c(Br)[nH]c2ccc(C3CCN(C(=O)O)C(=O)C3)cc12. The molecule has 2 heterocycles. The molecule has 0 saturated carbocycles. The number of nitrogens with one attached hydrogen (secondary N) is 1. The van der Waals surface area contributed by atoms with Gasteiger partial charge in [-0.3, -0.25) is 4.79 Å². The first kappa shape index (κ1) is 16.1. The van der Waals surface area contributed by atoms with E-state index >= 15 is 0 Å². The van der Waals surface area contributed by atoms with E-state index in [0.717, 1.165) is 26.0 Å². The van der Waals surface area contributed by atoms with Crippen molar-refractivity contribution in [1.29, 1.82) is 0 Å². The normalized spacial score (nSPS) is 18.9. The fraction of sp³-hybridized carbons (Fsp3) is 0.412. The lowest BCUT2D eigenvalue weighted by atomic mass is 9.88. The van der Waals surface area contributed by atoms with Crippen LogP contribution in [0, 0.1) is 0 Å². The summed E-state index contributed by atoms with van der Waals surface area (Å²) in [5.41, 5.74) is 3.40. The highest BCUT2D eigenvalue weighted by molar-refractivity contribution is 9.10. The minimum atomic E-state index is -1.15. The Hall–Kier alpha value is -1.82. The molecule has 1 aromatic heterocycles. The quantitative estimate of drug-likeness (QED) is 0.810. The zero-order valence-corrected chi connectivity index (χ0v) is 14.7. The summed E-state index contributed by atoms with van der Waals surface area (Å²) in [6.45, 7) is 4.56. The summed E-state index contributed by atoms with van der Waals surface area (Å²) in [6.07, 6.45) is -0.229. The third-order valence-electron chi connectivity index (χ3n) is 4.52. The van der Waals surface area contributed by atoms with Crippen LogP contribution in [0.3, 0.4) is 0 Å². The number of carboxylic acid groups (broad SMARTS) is 1. The number of carbonyl (C=O) groups excluding carboxylic acids is 1. The number of benzene rings is 1. The summed E-state index contributed by atoms with van der Waals surface area (Å²) in [4.78, 5) is 27.2. The smallest absolute Gasteiger partial charge is 0.414 e. The van der Waals surface area contributed by atoms with Crippen LogP contribution in [0.4, 0.5) is 4.79 Å². The van der Waals surface area contributed by atoms with Gasteiger partial charge in [0.25, 0.3) is 0 Å². The fourth-order valence-electron chi connectivity index (χ4n) is 3.34. The molecule has 1 aromatic carbocycles. The van der Waals surface area contributed by atoms with Gasteiger partial charge in [-0.25, -0.2) is 9.69 Å². The lowest BCUT2D eigenvalue weighted by Crippen LogP contribution is -2.41. The number of aromatic nitrogens is 1. The molecular weight excluding hydrogens is 360 g/mol. The Morgan fingerprint density at radius 1 is 1.43 bits per heavy atom. The maximum Gasteiger partial charge on any atom is 0.414 e. The Kier molecular flexibility index (Phi) is 4.19. The van der Waals surface area contributed by atoms with Crippen LogP contribution >= 0.6 is 15.9 Å². The van der Waals surface area contributed by atoms with Crippen molar-refractivity contribution in [3.8, 4) is 0 Å². The van der Waals surface area contributed by atoms with E-state index in [2.05, 4.69) is 40.8 Å². The first-order valence-electron chi connectivity index (χ1n) is 7.72. The molecule has 1 atom stereocenters. The highest BCUT2D eigenvalue weighted by atomic mass is 79.9. The van der Waals surface area contributed by atoms with Gasteiger partial charge in [-0.2, -0.15) is 0 Å². The number of nitrogens with zero attached hydrogens (tertiary/aromatic N) is 1. The van der Waals surface area contributed by atoms with Gasteiger partial charge < -0.3 is 10.1 Å². The van der Waals surface area contributed by atoms with Crippen LogP contribution in [0.15, 0.2) is 22.8 Å². The monoisotopic (exact) mass is 378 g/mol. The van der Waals surface area contributed by atoms with Gasteiger partial charge in [-0.1, -0.05) is 19.9 Å². The highest BCUT2D eigenvalue weighted by Crippen LogP contribution is 2.36. The van der Waals surface area contributed by atoms with Crippen molar-refractivity contribution >= 4 is 38.8 Å². The number of hydrogen-bond donors (Lipinski definition) is 2. The Bertz CT molecular complexity index is 781. The molecule has 1 aliphatic heterocycles. The summed E-state index contributed by atoms with van der Waals surface area (Å²) in [5.74, 6) is 0.147. The Balaban J connectivity index is 1.94. The number of aromatic amines is 1.